The summed E-state index contributed by atoms with van der Waals surface area (Å²) in [5.74, 6) is 1.45. The van der Waals surface area contributed by atoms with Crippen molar-refractivity contribution in [1.29, 1.82) is 0 Å². The van der Waals surface area contributed by atoms with E-state index in [9.17, 15) is 9.59 Å². The number of carbonyl (C=O) groups excluding carboxylic acids is 2. The first kappa shape index (κ1) is 45.9. The molecular weight excluding hydrogens is 677 g/mol. The summed E-state index contributed by atoms with van der Waals surface area (Å²) in [5, 5.41) is 3.33. The zero-order valence-electron chi connectivity index (χ0n) is 35.2. The minimum atomic E-state index is 0.00367. The molecule has 0 N–H and O–H groups in total. The minimum Gasteiger partial charge on any atom is -0.466 e. The normalized spacial score (nSPS) is 20.5. The molecule has 2 bridgehead atoms. The summed E-state index contributed by atoms with van der Waals surface area (Å²) in [7, 11) is 0. The van der Waals surface area contributed by atoms with Crippen LogP contribution in [0.1, 0.15) is 207 Å². The van der Waals surface area contributed by atoms with E-state index in [0.29, 0.717) is 31.3 Å². The highest BCUT2D eigenvalue weighted by molar-refractivity contribution is 7.09. The number of esters is 2. The summed E-state index contributed by atoms with van der Waals surface area (Å²) in [6.07, 6.45) is 33.1. The number of hydrogen-bond donors (Lipinski definition) is 0. The third-order valence-corrected chi connectivity index (χ3v) is 14.4. The number of aryl methyl sites for hydroxylation is 1. The van der Waals surface area contributed by atoms with Crippen LogP contribution < -0.4 is 0 Å². The van der Waals surface area contributed by atoms with Crippen LogP contribution >= 0.6 is 11.3 Å². The van der Waals surface area contributed by atoms with Gasteiger partial charge in [0.1, 0.15) is 6.10 Å². The number of aromatic nitrogens is 1. The molecule has 0 unspecified atom stereocenters. The SMILES string of the molecule is CCCCCC(CCCCC)CCOC(=O)CCCCCCCN(CCCCCCCC(=O)O[C@H]1C[C@@H]2CC[C@@]1(C)C2(C)C)CCCCc1nccs1. The molecule has 7 heteroatoms. The van der Waals surface area contributed by atoms with Crippen LogP contribution in [-0.2, 0) is 25.5 Å². The second-order valence-corrected chi connectivity index (χ2v) is 18.7. The second kappa shape index (κ2) is 26.4. The number of unbranched alkanes of at least 4 members (excludes halogenated alkanes) is 13. The van der Waals surface area contributed by atoms with Gasteiger partial charge in [-0.3, -0.25) is 9.59 Å². The molecule has 0 amide bonds. The van der Waals surface area contributed by atoms with Crippen molar-refractivity contribution in [3.05, 3.63) is 16.6 Å². The summed E-state index contributed by atoms with van der Waals surface area (Å²) in [4.78, 5) is 32.2. The van der Waals surface area contributed by atoms with E-state index in [1.807, 2.05) is 6.20 Å². The molecule has 1 aromatic rings. The van der Waals surface area contributed by atoms with Crippen LogP contribution in [0, 0.1) is 22.7 Å². The molecule has 6 nitrogen and oxygen atoms in total. The van der Waals surface area contributed by atoms with Gasteiger partial charge in [0.25, 0.3) is 0 Å². The molecule has 2 aliphatic rings. The Morgan fingerprint density at radius 1 is 0.774 bits per heavy atom. The number of carbonyl (C=O) groups is 2. The summed E-state index contributed by atoms with van der Waals surface area (Å²) in [5.41, 5.74) is 0.440. The summed E-state index contributed by atoms with van der Waals surface area (Å²) >= 11 is 1.77. The van der Waals surface area contributed by atoms with Crippen molar-refractivity contribution in [2.45, 2.75) is 214 Å². The molecule has 2 saturated carbocycles. The molecule has 306 valence electrons. The molecule has 0 aromatic carbocycles. The number of ether oxygens (including phenoxy) is 2. The fourth-order valence-corrected chi connectivity index (χ4v) is 9.99. The molecule has 3 atom stereocenters. The van der Waals surface area contributed by atoms with Gasteiger partial charge in [-0.2, -0.15) is 0 Å². The lowest BCUT2D eigenvalue weighted by atomic mass is 9.70. The van der Waals surface area contributed by atoms with Crippen molar-refractivity contribution in [3.63, 3.8) is 0 Å². The van der Waals surface area contributed by atoms with E-state index >= 15 is 0 Å². The average molecular weight is 759 g/mol. The largest absolute Gasteiger partial charge is 0.466 e. The lowest BCUT2D eigenvalue weighted by Crippen LogP contribution is -2.38. The van der Waals surface area contributed by atoms with Gasteiger partial charge in [0.05, 0.1) is 11.6 Å². The van der Waals surface area contributed by atoms with Crippen molar-refractivity contribution in [2.75, 3.05) is 26.2 Å². The number of hydrogen-bond acceptors (Lipinski definition) is 7. The van der Waals surface area contributed by atoms with E-state index in [-0.39, 0.29) is 28.9 Å². The quantitative estimate of drug-likeness (QED) is 0.0525. The van der Waals surface area contributed by atoms with Gasteiger partial charge in [-0.1, -0.05) is 125 Å². The zero-order valence-corrected chi connectivity index (χ0v) is 36.1. The number of rotatable bonds is 33. The van der Waals surface area contributed by atoms with Crippen molar-refractivity contribution in [1.82, 2.24) is 9.88 Å². The van der Waals surface area contributed by atoms with Crippen LogP contribution in [0.3, 0.4) is 0 Å². The molecule has 0 aliphatic heterocycles. The number of fused-ring (bicyclic) bond motifs is 2. The van der Waals surface area contributed by atoms with Gasteiger partial charge >= 0.3 is 11.9 Å². The predicted molar refractivity (Wildman–Crippen MR) is 223 cm³/mol. The van der Waals surface area contributed by atoms with Gasteiger partial charge in [0.2, 0.25) is 0 Å². The maximum atomic E-state index is 12.7. The lowest BCUT2D eigenvalue weighted by molar-refractivity contribution is -0.157. The summed E-state index contributed by atoms with van der Waals surface area (Å²) in [6, 6.07) is 0. The van der Waals surface area contributed by atoms with Gasteiger partial charge in [-0.05, 0) is 108 Å². The average Bonchev–Trinajstić information content (AvgIpc) is 3.78. The number of thiazole rings is 1. The van der Waals surface area contributed by atoms with Gasteiger partial charge < -0.3 is 14.4 Å². The highest BCUT2D eigenvalue weighted by Crippen LogP contribution is 2.66. The van der Waals surface area contributed by atoms with Crippen LogP contribution in [-0.4, -0.2) is 54.2 Å². The van der Waals surface area contributed by atoms with E-state index in [0.717, 1.165) is 44.9 Å². The molecule has 2 fully saturated rings. The van der Waals surface area contributed by atoms with Crippen molar-refractivity contribution < 1.29 is 19.1 Å². The first-order valence-electron chi connectivity index (χ1n) is 22.6. The summed E-state index contributed by atoms with van der Waals surface area (Å²) in [6.45, 7) is 15.8. The van der Waals surface area contributed by atoms with Crippen LogP contribution in [0.5, 0.6) is 0 Å². The minimum absolute atomic E-state index is 0.00367. The first-order chi connectivity index (χ1) is 25.7. The molecule has 53 heavy (non-hydrogen) atoms. The van der Waals surface area contributed by atoms with Crippen molar-refractivity contribution >= 4 is 23.3 Å². The van der Waals surface area contributed by atoms with E-state index < -0.39 is 0 Å². The molecule has 0 saturated heterocycles. The van der Waals surface area contributed by atoms with Crippen molar-refractivity contribution in [3.8, 4) is 0 Å². The topological polar surface area (TPSA) is 68.7 Å². The molecular formula is C46H82N2O4S. The maximum Gasteiger partial charge on any atom is 0.306 e. The fraction of sp³-hybridized carbons (Fsp3) is 0.891. The summed E-state index contributed by atoms with van der Waals surface area (Å²) < 4.78 is 11.7. The number of nitrogens with zero attached hydrogens (tertiary/aromatic N) is 2. The Bertz CT molecular complexity index is 1080. The Balaban J connectivity index is 1.23. The third-order valence-electron chi connectivity index (χ3n) is 13.5. The molecule has 1 heterocycles. The molecule has 3 rings (SSSR count). The molecule has 2 aliphatic carbocycles. The molecule has 1 aromatic heterocycles. The monoisotopic (exact) mass is 759 g/mol. The van der Waals surface area contributed by atoms with Crippen LogP contribution in [0.2, 0.25) is 0 Å². The smallest absolute Gasteiger partial charge is 0.306 e. The highest BCUT2D eigenvalue weighted by atomic mass is 32.1. The van der Waals surface area contributed by atoms with Crippen molar-refractivity contribution in [2.24, 2.45) is 22.7 Å². The first-order valence-corrected chi connectivity index (χ1v) is 23.5. The van der Waals surface area contributed by atoms with E-state index in [1.54, 1.807) is 11.3 Å². The van der Waals surface area contributed by atoms with E-state index in [1.165, 1.54) is 140 Å². The van der Waals surface area contributed by atoms with Gasteiger partial charge in [0.15, 0.2) is 0 Å². The predicted octanol–water partition coefficient (Wildman–Crippen LogP) is 12.9. The Morgan fingerprint density at radius 3 is 1.91 bits per heavy atom. The Morgan fingerprint density at radius 2 is 1.36 bits per heavy atom. The van der Waals surface area contributed by atoms with Crippen LogP contribution in [0.4, 0.5) is 0 Å². The lowest BCUT2D eigenvalue weighted by Gasteiger charge is -2.38. The Hall–Kier alpha value is -1.47. The van der Waals surface area contributed by atoms with Crippen LogP contribution in [0.25, 0.3) is 0 Å². The zero-order chi connectivity index (χ0) is 38.2. The second-order valence-electron chi connectivity index (χ2n) is 17.7. The maximum absolute atomic E-state index is 12.7. The molecule has 0 radical (unpaired) electrons. The van der Waals surface area contributed by atoms with Gasteiger partial charge in [-0.25, -0.2) is 4.98 Å². The van der Waals surface area contributed by atoms with E-state index in [2.05, 4.69) is 49.9 Å². The Labute approximate surface area is 330 Å². The van der Waals surface area contributed by atoms with E-state index in [4.69, 9.17) is 9.47 Å². The fourth-order valence-electron chi connectivity index (χ4n) is 9.33. The standard InChI is InChI=1S/C46H82N2O4S/c1-6-8-16-24-39(25-17-9-7-2)30-36-51-43(49)27-18-12-10-14-21-33-48(35-23-20-26-42-47-32-37-53-42)34-22-15-11-13-19-28-44(50)52-41-38-40-29-31-46(41,5)45(40,3)4/h32,37,39-41H,6-31,33-36,38H2,1-5H3/t40-,41-,46+/m0/s1. The Kier molecular flexibility index (Phi) is 22.9. The van der Waals surface area contributed by atoms with Gasteiger partial charge in [0, 0.05) is 29.8 Å². The van der Waals surface area contributed by atoms with Crippen LogP contribution in [0.15, 0.2) is 11.6 Å². The van der Waals surface area contributed by atoms with Gasteiger partial charge in [-0.15, -0.1) is 11.3 Å². The molecule has 0 spiro atoms. The highest BCUT2D eigenvalue weighted by Gasteiger charge is 2.62. The third kappa shape index (κ3) is 17.1.